The molecule has 0 fully saturated rings. The van der Waals surface area contributed by atoms with Gasteiger partial charge in [0.15, 0.2) is 0 Å². The third-order valence-corrected chi connectivity index (χ3v) is 8.88. The molecule has 4 heteroatoms. The van der Waals surface area contributed by atoms with Crippen molar-refractivity contribution in [2.75, 3.05) is 0 Å². The highest BCUT2D eigenvalue weighted by molar-refractivity contribution is 5.66. The molecule has 1 aliphatic rings. The Morgan fingerprint density at radius 3 is 1.80 bits per heavy atom. The van der Waals surface area contributed by atoms with E-state index in [9.17, 15) is 9.59 Å². The van der Waals surface area contributed by atoms with Crippen LogP contribution in [0.1, 0.15) is 181 Å². The minimum absolute atomic E-state index is 0.305. The highest BCUT2D eigenvalue weighted by Crippen LogP contribution is 2.42. The Balaban J connectivity index is 2.77. The van der Waals surface area contributed by atoms with E-state index in [0.29, 0.717) is 18.8 Å². The van der Waals surface area contributed by atoms with Crippen LogP contribution in [0, 0.1) is 11.8 Å². The molecule has 0 aromatic rings. The van der Waals surface area contributed by atoms with E-state index in [-0.39, 0.29) is 0 Å². The number of carboxylic acid groups (broad SMARTS) is 2. The van der Waals surface area contributed by atoms with Crippen molar-refractivity contribution < 1.29 is 19.8 Å². The summed E-state index contributed by atoms with van der Waals surface area (Å²) in [5.74, 6) is 0.0243. The quantitative estimate of drug-likeness (QED) is 0.0774. The molecule has 0 aromatic heterocycles. The SMILES string of the molecule is CCCCCCC1=C(CCCCCC)C(/C=C/CCCCCCCC(=O)O)C(CCCCCCCC(=O)O)CC1. The van der Waals surface area contributed by atoms with Gasteiger partial charge in [0, 0.05) is 18.8 Å². The first-order valence-electron chi connectivity index (χ1n) is 17.3. The smallest absolute Gasteiger partial charge is 0.303 e. The van der Waals surface area contributed by atoms with E-state index in [1.54, 1.807) is 11.1 Å². The van der Waals surface area contributed by atoms with Crippen LogP contribution in [-0.2, 0) is 9.59 Å². The first kappa shape index (κ1) is 36.4. The summed E-state index contributed by atoms with van der Waals surface area (Å²) in [5.41, 5.74) is 3.60. The number of hydrogen-bond acceptors (Lipinski definition) is 2. The molecular formula is C36H64O4. The van der Waals surface area contributed by atoms with Gasteiger partial charge >= 0.3 is 11.9 Å². The van der Waals surface area contributed by atoms with Crippen molar-refractivity contribution in [1.82, 2.24) is 0 Å². The number of allylic oxidation sites excluding steroid dienone is 4. The lowest BCUT2D eigenvalue weighted by Gasteiger charge is -2.35. The molecule has 2 N–H and O–H groups in total. The molecule has 0 amide bonds. The topological polar surface area (TPSA) is 74.6 Å². The first-order chi connectivity index (χ1) is 19.5. The van der Waals surface area contributed by atoms with Gasteiger partial charge in [-0.15, -0.1) is 0 Å². The minimum Gasteiger partial charge on any atom is -0.481 e. The number of rotatable bonds is 27. The lowest BCUT2D eigenvalue weighted by atomic mass is 9.70. The Morgan fingerprint density at radius 1 is 0.675 bits per heavy atom. The van der Waals surface area contributed by atoms with Crippen LogP contribution in [0.5, 0.6) is 0 Å². The van der Waals surface area contributed by atoms with E-state index >= 15 is 0 Å². The largest absolute Gasteiger partial charge is 0.481 e. The second-order valence-corrected chi connectivity index (χ2v) is 12.4. The second-order valence-electron chi connectivity index (χ2n) is 12.4. The van der Waals surface area contributed by atoms with E-state index in [0.717, 1.165) is 50.9 Å². The van der Waals surface area contributed by atoms with Crippen molar-refractivity contribution in [3.05, 3.63) is 23.3 Å². The first-order valence-corrected chi connectivity index (χ1v) is 17.3. The molecule has 0 radical (unpaired) electrons. The fraction of sp³-hybridized carbons (Fsp3) is 0.833. The van der Waals surface area contributed by atoms with E-state index in [2.05, 4.69) is 26.0 Å². The van der Waals surface area contributed by atoms with Gasteiger partial charge in [-0.1, -0.05) is 121 Å². The van der Waals surface area contributed by atoms with Crippen molar-refractivity contribution >= 4 is 11.9 Å². The molecule has 2 unspecified atom stereocenters. The van der Waals surface area contributed by atoms with E-state index < -0.39 is 11.9 Å². The summed E-state index contributed by atoms with van der Waals surface area (Å²) in [7, 11) is 0. The molecule has 0 saturated carbocycles. The molecule has 4 nitrogen and oxygen atoms in total. The van der Waals surface area contributed by atoms with Crippen LogP contribution in [-0.4, -0.2) is 22.2 Å². The average Bonchev–Trinajstić information content (AvgIpc) is 2.93. The minimum atomic E-state index is -0.675. The number of hydrogen-bond donors (Lipinski definition) is 2. The Hall–Kier alpha value is -1.58. The summed E-state index contributed by atoms with van der Waals surface area (Å²) >= 11 is 0. The van der Waals surface area contributed by atoms with Crippen LogP contribution in [0.15, 0.2) is 23.3 Å². The van der Waals surface area contributed by atoms with Crippen LogP contribution in [0.3, 0.4) is 0 Å². The van der Waals surface area contributed by atoms with Crippen LogP contribution < -0.4 is 0 Å². The molecule has 0 aromatic carbocycles. The van der Waals surface area contributed by atoms with E-state index in [4.69, 9.17) is 10.2 Å². The predicted molar refractivity (Wildman–Crippen MR) is 170 cm³/mol. The molecule has 232 valence electrons. The van der Waals surface area contributed by atoms with Crippen molar-refractivity contribution in [1.29, 1.82) is 0 Å². The zero-order valence-electron chi connectivity index (χ0n) is 26.4. The van der Waals surface area contributed by atoms with Gasteiger partial charge in [-0.3, -0.25) is 9.59 Å². The standard InChI is InChI=1S/C36H64O4/c1-3-5-7-17-23-31-29-30-32(24-18-13-12-16-22-28-36(39)40)34(33(31)25-19-8-6-4-2)26-20-14-10-9-11-15-21-27-35(37)38/h20,26,32,34H,3-19,21-25,27-30H2,1-2H3,(H,37,38)(H,39,40)/b26-20+. The molecule has 0 spiro atoms. The molecule has 0 bridgehead atoms. The number of carbonyl (C=O) groups is 2. The Labute approximate surface area is 247 Å². The van der Waals surface area contributed by atoms with Crippen LogP contribution in [0.2, 0.25) is 0 Å². The maximum absolute atomic E-state index is 10.8. The van der Waals surface area contributed by atoms with Crippen LogP contribution >= 0.6 is 0 Å². The Kier molecular flexibility index (Phi) is 22.9. The predicted octanol–water partition coefficient (Wildman–Crippen LogP) is 11.4. The number of unbranched alkanes of at least 4 members (excludes halogenated alkanes) is 15. The van der Waals surface area contributed by atoms with Gasteiger partial charge in [0.1, 0.15) is 0 Å². The second kappa shape index (κ2) is 25.2. The summed E-state index contributed by atoms with van der Waals surface area (Å²) in [6.07, 6.45) is 34.9. The van der Waals surface area contributed by atoms with Crippen molar-refractivity contribution in [2.45, 2.75) is 181 Å². The molecule has 0 saturated heterocycles. The summed E-state index contributed by atoms with van der Waals surface area (Å²) in [4.78, 5) is 21.5. The lowest BCUT2D eigenvalue weighted by Crippen LogP contribution is -2.22. The van der Waals surface area contributed by atoms with Crippen molar-refractivity contribution in [3.8, 4) is 0 Å². The summed E-state index contributed by atoms with van der Waals surface area (Å²) in [5, 5.41) is 17.7. The van der Waals surface area contributed by atoms with Crippen molar-refractivity contribution in [3.63, 3.8) is 0 Å². The fourth-order valence-electron chi connectivity index (χ4n) is 6.48. The average molecular weight is 561 g/mol. The summed E-state index contributed by atoms with van der Waals surface area (Å²) in [6.45, 7) is 4.60. The maximum atomic E-state index is 10.8. The third-order valence-electron chi connectivity index (χ3n) is 8.88. The summed E-state index contributed by atoms with van der Waals surface area (Å²) in [6, 6.07) is 0. The molecule has 40 heavy (non-hydrogen) atoms. The van der Waals surface area contributed by atoms with Crippen LogP contribution in [0.25, 0.3) is 0 Å². The van der Waals surface area contributed by atoms with E-state index in [1.807, 2.05) is 0 Å². The zero-order valence-corrected chi connectivity index (χ0v) is 26.4. The lowest BCUT2D eigenvalue weighted by molar-refractivity contribution is -0.138. The monoisotopic (exact) mass is 560 g/mol. The van der Waals surface area contributed by atoms with Gasteiger partial charge in [-0.05, 0) is 76.5 Å². The third kappa shape index (κ3) is 18.7. The Bertz CT molecular complexity index is 708. The summed E-state index contributed by atoms with van der Waals surface area (Å²) < 4.78 is 0. The number of carboxylic acids is 2. The molecule has 0 heterocycles. The molecular weight excluding hydrogens is 496 g/mol. The normalized spacial score (nSPS) is 17.6. The van der Waals surface area contributed by atoms with Gasteiger partial charge in [0.05, 0.1) is 0 Å². The van der Waals surface area contributed by atoms with Gasteiger partial charge in [-0.2, -0.15) is 0 Å². The van der Waals surface area contributed by atoms with Gasteiger partial charge in [-0.25, -0.2) is 0 Å². The zero-order chi connectivity index (χ0) is 29.3. The van der Waals surface area contributed by atoms with E-state index in [1.165, 1.54) is 109 Å². The molecule has 1 aliphatic carbocycles. The number of aliphatic carboxylic acids is 2. The Morgan fingerprint density at radius 2 is 1.20 bits per heavy atom. The van der Waals surface area contributed by atoms with Gasteiger partial charge < -0.3 is 10.2 Å². The molecule has 0 aliphatic heterocycles. The van der Waals surface area contributed by atoms with Gasteiger partial charge in [0.25, 0.3) is 0 Å². The van der Waals surface area contributed by atoms with Crippen LogP contribution in [0.4, 0.5) is 0 Å². The maximum Gasteiger partial charge on any atom is 0.303 e. The fourth-order valence-corrected chi connectivity index (χ4v) is 6.48. The van der Waals surface area contributed by atoms with Crippen molar-refractivity contribution in [2.24, 2.45) is 11.8 Å². The van der Waals surface area contributed by atoms with Gasteiger partial charge in [0.2, 0.25) is 0 Å². The highest BCUT2D eigenvalue weighted by Gasteiger charge is 2.29. The highest BCUT2D eigenvalue weighted by atomic mass is 16.4. The molecule has 2 atom stereocenters. The molecule has 1 rings (SSSR count).